The zero-order valence-corrected chi connectivity index (χ0v) is 9.96. The van der Waals surface area contributed by atoms with Gasteiger partial charge >= 0.3 is 0 Å². The highest BCUT2D eigenvalue weighted by Crippen LogP contribution is 2.64. The molecule has 3 rings (SSSR count). The van der Waals surface area contributed by atoms with Gasteiger partial charge in [-0.15, -0.1) is 10.6 Å². The Hall–Kier alpha value is -0.940. The van der Waals surface area contributed by atoms with Crippen LogP contribution in [0.2, 0.25) is 0 Å². The monoisotopic (exact) mass is 250 g/mol. The number of hydrogen-bond acceptors (Lipinski definition) is 3. The third-order valence-electron chi connectivity index (χ3n) is 2.53. The van der Waals surface area contributed by atoms with E-state index in [1.807, 2.05) is 36.4 Å². The van der Waals surface area contributed by atoms with Crippen LogP contribution in [0.5, 0.6) is 0 Å². The minimum Gasteiger partial charge on any atom is -0.290 e. The van der Waals surface area contributed by atoms with Crippen molar-refractivity contribution in [3.63, 3.8) is 0 Å². The van der Waals surface area contributed by atoms with Gasteiger partial charge in [0.25, 0.3) is 0 Å². The molecule has 0 radical (unpaired) electrons. The van der Waals surface area contributed by atoms with Crippen LogP contribution < -0.4 is 0 Å². The maximum absolute atomic E-state index is 10.3. The summed E-state index contributed by atoms with van der Waals surface area (Å²) in [5.41, 5.74) is 0. The van der Waals surface area contributed by atoms with Crippen LogP contribution in [0.1, 0.15) is 0 Å². The number of benzene rings is 2. The van der Waals surface area contributed by atoms with Gasteiger partial charge in [0.15, 0.2) is 0 Å². The second-order valence-electron chi connectivity index (χ2n) is 3.54. The molecule has 2 N–H and O–H groups in total. The first-order valence-electron chi connectivity index (χ1n) is 4.84. The van der Waals surface area contributed by atoms with Crippen molar-refractivity contribution in [3.05, 3.63) is 48.5 Å². The minimum absolute atomic E-state index is 0.638. The molecule has 0 atom stereocenters. The van der Waals surface area contributed by atoms with E-state index in [9.17, 15) is 9.11 Å². The average molecular weight is 250 g/mol. The van der Waals surface area contributed by atoms with E-state index in [0.29, 0.717) is 9.79 Å². The summed E-state index contributed by atoms with van der Waals surface area (Å²) < 4.78 is 20.6. The number of rotatable bonds is 0. The zero-order chi connectivity index (χ0) is 11.2. The van der Waals surface area contributed by atoms with Crippen molar-refractivity contribution in [2.75, 3.05) is 0 Å². The molecule has 0 saturated carbocycles. The summed E-state index contributed by atoms with van der Waals surface area (Å²) in [4.78, 5) is 3.14. The summed E-state index contributed by atoms with van der Waals surface area (Å²) in [6.45, 7) is 0. The molecule has 0 fully saturated rings. The molecule has 1 aliphatic rings. The number of hydrogen-bond donors (Lipinski definition) is 2. The Labute approximate surface area is 99.7 Å². The van der Waals surface area contributed by atoms with Gasteiger partial charge in [-0.05, 0) is 24.3 Å². The quantitative estimate of drug-likeness (QED) is 0.731. The molecule has 2 aromatic carbocycles. The van der Waals surface area contributed by atoms with Crippen LogP contribution >= 0.6 is 22.4 Å². The molecule has 82 valence electrons. The van der Waals surface area contributed by atoms with Crippen molar-refractivity contribution in [2.24, 2.45) is 0 Å². The molecule has 1 heterocycles. The Bertz CT molecular complexity index is 505. The first kappa shape index (κ1) is 10.2. The highest BCUT2D eigenvalue weighted by Gasteiger charge is 2.29. The van der Waals surface area contributed by atoms with Crippen molar-refractivity contribution in [2.45, 2.75) is 19.6 Å². The van der Waals surface area contributed by atoms with E-state index in [-0.39, 0.29) is 0 Å². The molecule has 0 amide bonds. The van der Waals surface area contributed by atoms with Crippen LogP contribution in [0.15, 0.2) is 68.1 Å². The van der Waals surface area contributed by atoms with E-state index in [1.165, 1.54) is 0 Å². The highest BCUT2D eigenvalue weighted by molar-refractivity contribution is 8.25. The normalized spacial score (nSPS) is 18.4. The average Bonchev–Trinajstić information content (AvgIpc) is 2.29. The van der Waals surface area contributed by atoms with Gasteiger partial charge in [-0.25, -0.2) is 0 Å². The first-order valence-corrected chi connectivity index (χ1v) is 7.20. The van der Waals surface area contributed by atoms with Crippen LogP contribution in [-0.2, 0) is 0 Å². The molecule has 0 unspecified atom stereocenters. The maximum atomic E-state index is 10.3. The predicted octanol–water partition coefficient (Wildman–Crippen LogP) is 4.32. The lowest BCUT2D eigenvalue weighted by Crippen LogP contribution is -2.06. The molecular weight excluding hydrogens is 240 g/mol. The predicted molar refractivity (Wildman–Crippen MR) is 66.4 cm³/mol. The molecular formula is C12H10O2S2. The summed E-state index contributed by atoms with van der Waals surface area (Å²) in [5, 5.41) is 0. The van der Waals surface area contributed by atoms with Gasteiger partial charge in [0, 0.05) is 9.79 Å². The lowest BCUT2D eigenvalue weighted by atomic mass is 10.3. The third kappa shape index (κ3) is 1.38. The highest BCUT2D eigenvalue weighted by atomic mass is 32.3. The maximum Gasteiger partial charge on any atom is 0.0776 e. The molecule has 2 aromatic rings. The molecule has 16 heavy (non-hydrogen) atoms. The Kier molecular flexibility index (Phi) is 2.26. The van der Waals surface area contributed by atoms with Crippen molar-refractivity contribution >= 4 is 22.4 Å². The van der Waals surface area contributed by atoms with Crippen LogP contribution in [0, 0.1) is 0 Å². The van der Waals surface area contributed by atoms with Crippen molar-refractivity contribution in [1.82, 2.24) is 0 Å². The van der Waals surface area contributed by atoms with E-state index < -0.39 is 10.6 Å². The van der Waals surface area contributed by atoms with Gasteiger partial charge in [0.2, 0.25) is 0 Å². The van der Waals surface area contributed by atoms with Gasteiger partial charge in [0.05, 0.1) is 9.79 Å². The van der Waals surface area contributed by atoms with E-state index in [2.05, 4.69) is 0 Å². The van der Waals surface area contributed by atoms with Gasteiger partial charge in [-0.1, -0.05) is 36.0 Å². The largest absolute Gasteiger partial charge is 0.290 e. The molecule has 0 saturated heterocycles. The lowest BCUT2D eigenvalue weighted by Gasteiger charge is -2.38. The molecule has 0 bridgehead atoms. The molecule has 0 aromatic heterocycles. The van der Waals surface area contributed by atoms with Crippen molar-refractivity contribution in [3.8, 4) is 0 Å². The Morgan fingerprint density at radius 2 is 1.19 bits per heavy atom. The second kappa shape index (κ2) is 3.53. The van der Waals surface area contributed by atoms with Crippen LogP contribution in [-0.4, -0.2) is 9.11 Å². The zero-order valence-electron chi connectivity index (χ0n) is 8.33. The molecule has 0 spiro atoms. The Morgan fingerprint density at radius 3 is 1.69 bits per heavy atom. The van der Waals surface area contributed by atoms with E-state index >= 15 is 0 Å². The standard InChI is InChI=1S/C12H10O2S2/c13-16(14)11-7-3-1-5-9(11)15-10-6-2-4-8-12(10)16/h1-8,13-14H. The fourth-order valence-corrected chi connectivity index (χ4v) is 5.06. The summed E-state index contributed by atoms with van der Waals surface area (Å²) in [6, 6.07) is 14.9. The summed E-state index contributed by atoms with van der Waals surface area (Å²) in [5.74, 6) is 0. The SMILES string of the molecule is OS1(O)c2ccccc2Sc2ccccc21. The van der Waals surface area contributed by atoms with Gasteiger partial charge in [-0.2, -0.15) is 0 Å². The summed E-state index contributed by atoms with van der Waals surface area (Å²) in [6.07, 6.45) is 0. The summed E-state index contributed by atoms with van der Waals surface area (Å²) in [7, 11) is -2.82. The fourth-order valence-electron chi connectivity index (χ4n) is 1.78. The lowest BCUT2D eigenvalue weighted by molar-refractivity contribution is 0.481. The molecule has 2 nitrogen and oxygen atoms in total. The van der Waals surface area contributed by atoms with Crippen molar-refractivity contribution in [1.29, 1.82) is 0 Å². The Morgan fingerprint density at radius 1 is 0.750 bits per heavy atom. The van der Waals surface area contributed by atoms with Crippen LogP contribution in [0.25, 0.3) is 0 Å². The number of fused-ring (bicyclic) bond motifs is 2. The third-order valence-corrected chi connectivity index (χ3v) is 5.88. The van der Waals surface area contributed by atoms with Crippen LogP contribution in [0.3, 0.4) is 0 Å². The Balaban J connectivity index is 2.28. The summed E-state index contributed by atoms with van der Waals surface area (Å²) >= 11 is 1.59. The van der Waals surface area contributed by atoms with E-state index in [1.54, 1.807) is 23.9 Å². The van der Waals surface area contributed by atoms with Gasteiger partial charge in [0.1, 0.15) is 0 Å². The van der Waals surface area contributed by atoms with E-state index in [4.69, 9.17) is 0 Å². The smallest absolute Gasteiger partial charge is 0.0776 e. The van der Waals surface area contributed by atoms with Gasteiger partial charge < -0.3 is 0 Å². The molecule has 4 heteroatoms. The van der Waals surface area contributed by atoms with Crippen LogP contribution in [0.4, 0.5) is 0 Å². The fraction of sp³-hybridized carbons (Fsp3) is 0. The second-order valence-corrected chi connectivity index (χ2v) is 6.61. The topological polar surface area (TPSA) is 40.5 Å². The molecule has 0 aliphatic carbocycles. The molecule has 1 aliphatic heterocycles. The van der Waals surface area contributed by atoms with Gasteiger partial charge in [-0.3, -0.25) is 9.11 Å². The van der Waals surface area contributed by atoms with E-state index in [0.717, 1.165) is 9.79 Å². The van der Waals surface area contributed by atoms with Crippen molar-refractivity contribution < 1.29 is 9.11 Å². The minimum atomic E-state index is -2.82. The first-order chi connectivity index (χ1) is 7.69.